The molecule has 24 heavy (non-hydrogen) atoms. The number of rotatable bonds is 5. The zero-order valence-corrected chi connectivity index (χ0v) is 14.0. The van der Waals surface area contributed by atoms with E-state index in [1.54, 1.807) is 17.0 Å². The average molecular weight is 329 g/mol. The Balaban J connectivity index is 1.48. The van der Waals surface area contributed by atoms with Gasteiger partial charge in [-0.2, -0.15) is 0 Å². The van der Waals surface area contributed by atoms with Crippen LogP contribution in [-0.4, -0.2) is 66.2 Å². The molecule has 0 spiro atoms. The molecule has 0 aromatic heterocycles. The van der Waals surface area contributed by atoms with Crippen LogP contribution in [0.4, 0.5) is 0 Å². The first-order chi connectivity index (χ1) is 11.5. The smallest absolute Gasteiger partial charge is 0.295 e. The van der Waals surface area contributed by atoms with Crippen molar-refractivity contribution in [1.82, 2.24) is 15.1 Å². The van der Waals surface area contributed by atoms with E-state index in [4.69, 9.17) is 0 Å². The van der Waals surface area contributed by atoms with Crippen molar-refractivity contribution in [3.8, 4) is 0 Å². The molecule has 0 atom stereocenters. The summed E-state index contributed by atoms with van der Waals surface area (Å²) >= 11 is 0. The number of Topliss-reactive ketones (excluding diaryl/α,β-unsaturated/α-hetero) is 1. The van der Waals surface area contributed by atoms with Crippen LogP contribution in [0.2, 0.25) is 0 Å². The van der Waals surface area contributed by atoms with Crippen molar-refractivity contribution in [3.05, 3.63) is 35.4 Å². The van der Waals surface area contributed by atoms with E-state index in [9.17, 15) is 14.4 Å². The summed E-state index contributed by atoms with van der Waals surface area (Å²) in [6.45, 7) is 4.50. The minimum absolute atomic E-state index is 0.0491. The SMILES string of the molecule is Cc1ccc(C(=O)C(=O)N2CCN(CC(=O)NC3CC3)CC2)cc1. The summed E-state index contributed by atoms with van der Waals surface area (Å²) in [5.74, 6) is -0.871. The second kappa shape index (κ2) is 7.13. The average Bonchev–Trinajstić information content (AvgIpc) is 3.39. The lowest BCUT2D eigenvalue weighted by atomic mass is 10.1. The molecule has 6 heteroatoms. The molecule has 2 amide bonds. The van der Waals surface area contributed by atoms with E-state index in [1.165, 1.54) is 0 Å². The second-order valence-corrected chi connectivity index (χ2v) is 6.61. The summed E-state index contributed by atoms with van der Waals surface area (Å²) < 4.78 is 0. The molecule has 0 radical (unpaired) electrons. The van der Waals surface area contributed by atoms with Crippen LogP contribution in [0.1, 0.15) is 28.8 Å². The van der Waals surface area contributed by atoms with E-state index in [-0.39, 0.29) is 5.91 Å². The first-order valence-corrected chi connectivity index (χ1v) is 8.45. The number of benzene rings is 1. The van der Waals surface area contributed by atoms with Gasteiger partial charge < -0.3 is 10.2 Å². The Morgan fingerprint density at radius 3 is 2.25 bits per heavy atom. The van der Waals surface area contributed by atoms with Gasteiger partial charge in [0.1, 0.15) is 0 Å². The fourth-order valence-electron chi connectivity index (χ4n) is 2.79. The van der Waals surface area contributed by atoms with E-state index < -0.39 is 11.7 Å². The zero-order chi connectivity index (χ0) is 17.1. The number of hydrogen-bond donors (Lipinski definition) is 1. The Kier molecular flexibility index (Phi) is 4.94. The fourth-order valence-corrected chi connectivity index (χ4v) is 2.79. The number of carbonyl (C=O) groups excluding carboxylic acids is 3. The molecule has 1 saturated heterocycles. The summed E-state index contributed by atoms with van der Waals surface area (Å²) in [5, 5.41) is 2.96. The molecule has 1 aromatic carbocycles. The molecule has 3 rings (SSSR count). The Hall–Kier alpha value is -2.21. The maximum Gasteiger partial charge on any atom is 0.295 e. The van der Waals surface area contributed by atoms with Gasteiger partial charge in [-0.1, -0.05) is 29.8 Å². The fraction of sp³-hybridized carbons (Fsp3) is 0.500. The third-order valence-corrected chi connectivity index (χ3v) is 4.48. The first-order valence-electron chi connectivity index (χ1n) is 8.45. The predicted octanol–water partition coefficient (Wildman–Crippen LogP) is 0.601. The van der Waals surface area contributed by atoms with Gasteiger partial charge in [0.05, 0.1) is 6.54 Å². The Labute approximate surface area is 141 Å². The molecule has 128 valence electrons. The Bertz CT molecular complexity index is 629. The van der Waals surface area contributed by atoms with Crippen LogP contribution in [-0.2, 0) is 9.59 Å². The molecule has 1 heterocycles. The number of amides is 2. The van der Waals surface area contributed by atoms with Crippen molar-refractivity contribution < 1.29 is 14.4 Å². The molecule has 0 unspecified atom stereocenters. The Morgan fingerprint density at radius 1 is 1.04 bits per heavy atom. The van der Waals surface area contributed by atoms with Gasteiger partial charge >= 0.3 is 0 Å². The van der Waals surface area contributed by atoms with Gasteiger partial charge in [0, 0.05) is 37.8 Å². The number of carbonyl (C=O) groups is 3. The van der Waals surface area contributed by atoms with E-state index in [0.29, 0.717) is 44.3 Å². The number of piperazine rings is 1. The van der Waals surface area contributed by atoms with Gasteiger partial charge in [0.2, 0.25) is 11.7 Å². The van der Waals surface area contributed by atoms with Crippen molar-refractivity contribution >= 4 is 17.6 Å². The van der Waals surface area contributed by atoms with Crippen molar-refractivity contribution in [1.29, 1.82) is 0 Å². The highest BCUT2D eigenvalue weighted by Crippen LogP contribution is 2.18. The second-order valence-electron chi connectivity index (χ2n) is 6.61. The van der Waals surface area contributed by atoms with E-state index in [1.807, 2.05) is 24.0 Å². The van der Waals surface area contributed by atoms with E-state index >= 15 is 0 Å². The standard InChI is InChI=1S/C18H23N3O3/c1-13-2-4-14(5-3-13)17(23)18(24)21-10-8-20(9-11-21)12-16(22)19-15-6-7-15/h2-5,15H,6-12H2,1H3,(H,19,22). The van der Waals surface area contributed by atoms with Crippen LogP contribution in [0.3, 0.4) is 0 Å². The molecular formula is C18H23N3O3. The van der Waals surface area contributed by atoms with E-state index in [0.717, 1.165) is 18.4 Å². The number of hydrogen-bond acceptors (Lipinski definition) is 4. The van der Waals surface area contributed by atoms with E-state index in [2.05, 4.69) is 5.32 Å². The number of ketones is 1. The minimum atomic E-state index is -0.463. The minimum Gasteiger partial charge on any atom is -0.352 e. The van der Waals surface area contributed by atoms with Crippen molar-refractivity contribution in [2.24, 2.45) is 0 Å². The number of nitrogens with zero attached hydrogens (tertiary/aromatic N) is 2. The highest BCUT2D eigenvalue weighted by atomic mass is 16.2. The summed E-state index contributed by atoms with van der Waals surface area (Å²) in [6.07, 6.45) is 2.16. The summed E-state index contributed by atoms with van der Waals surface area (Å²) in [5.41, 5.74) is 1.48. The molecule has 1 aliphatic carbocycles. The molecule has 2 aliphatic rings. The van der Waals surface area contributed by atoms with Crippen LogP contribution in [0.5, 0.6) is 0 Å². The zero-order valence-electron chi connectivity index (χ0n) is 14.0. The van der Waals surface area contributed by atoms with Crippen LogP contribution < -0.4 is 5.32 Å². The van der Waals surface area contributed by atoms with Gasteiger partial charge in [-0.05, 0) is 19.8 Å². The number of aryl methyl sites for hydroxylation is 1. The summed E-state index contributed by atoms with van der Waals surface area (Å²) in [4.78, 5) is 40.0. The molecule has 1 aliphatic heterocycles. The lowest BCUT2D eigenvalue weighted by Gasteiger charge is -2.33. The van der Waals surface area contributed by atoms with Gasteiger partial charge in [0.25, 0.3) is 5.91 Å². The van der Waals surface area contributed by atoms with Gasteiger partial charge in [0.15, 0.2) is 0 Å². The molecule has 1 N–H and O–H groups in total. The van der Waals surface area contributed by atoms with Crippen molar-refractivity contribution in [2.75, 3.05) is 32.7 Å². The van der Waals surface area contributed by atoms with Crippen molar-refractivity contribution in [3.63, 3.8) is 0 Å². The molecular weight excluding hydrogens is 306 g/mol. The lowest BCUT2D eigenvalue weighted by Crippen LogP contribution is -2.52. The van der Waals surface area contributed by atoms with Gasteiger partial charge in [-0.3, -0.25) is 19.3 Å². The first kappa shape index (κ1) is 16.6. The van der Waals surface area contributed by atoms with Gasteiger partial charge in [-0.15, -0.1) is 0 Å². The highest BCUT2D eigenvalue weighted by Gasteiger charge is 2.28. The number of nitrogens with one attached hydrogen (secondary N) is 1. The van der Waals surface area contributed by atoms with Crippen LogP contribution in [0.15, 0.2) is 24.3 Å². The normalized spacial score (nSPS) is 18.3. The molecule has 2 fully saturated rings. The molecule has 6 nitrogen and oxygen atoms in total. The Morgan fingerprint density at radius 2 is 1.67 bits per heavy atom. The monoisotopic (exact) mass is 329 g/mol. The summed E-state index contributed by atoms with van der Waals surface area (Å²) in [7, 11) is 0. The van der Waals surface area contributed by atoms with Crippen LogP contribution in [0.25, 0.3) is 0 Å². The van der Waals surface area contributed by atoms with Crippen LogP contribution in [0, 0.1) is 6.92 Å². The van der Waals surface area contributed by atoms with Crippen LogP contribution >= 0.6 is 0 Å². The third kappa shape index (κ3) is 4.20. The predicted molar refractivity (Wildman–Crippen MR) is 89.7 cm³/mol. The highest BCUT2D eigenvalue weighted by molar-refractivity contribution is 6.42. The summed E-state index contributed by atoms with van der Waals surface area (Å²) in [6, 6.07) is 7.41. The largest absolute Gasteiger partial charge is 0.352 e. The maximum atomic E-state index is 12.3. The topological polar surface area (TPSA) is 69.7 Å². The molecule has 1 aromatic rings. The lowest BCUT2D eigenvalue weighted by molar-refractivity contribution is -0.128. The molecule has 0 bridgehead atoms. The molecule has 1 saturated carbocycles. The van der Waals surface area contributed by atoms with Gasteiger partial charge in [-0.25, -0.2) is 0 Å². The third-order valence-electron chi connectivity index (χ3n) is 4.48. The quantitative estimate of drug-likeness (QED) is 0.634. The maximum absolute atomic E-state index is 12.3. The van der Waals surface area contributed by atoms with Crippen molar-refractivity contribution in [2.45, 2.75) is 25.8 Å².